The number of hydrogen-bond acceptors (Lipinski definition) is 2. The van der Waals surface area contributed by atoms with E-state index in [4.69, 9.17) is 0 Å². The van der Waals surface area contributed by atoms with Crippen LogP contribution in [-0.2, 0) is 17.8 Å². The van der Waals surface area contributed by atoms with Crippen molar-refractivity contribution < 1.29 is 9.36 Å². The Labute approximate surface area is 150 Å². The molecule has 1 heterocycles. The molecule has 3 aromatic rings. The van der Waals surface area contributed by atoms with Gasteiger partial charge in [-0.15, -0.1) is 17.0 Å². The summed E-state index contributed by atoms with van der Waals surface area (Å²) in [7, 11) is 0. The van der Waals surface area contributed by atoms with Gasteiger partial charge in [0.05, 0.1) is 0 Å². The SMILES string of the molecule is Br.CCc1ccc(C)c(NC(=O)C[n+]2csc3ccccc32)c1. The monoisotopic (exact) mass is 391 g/mol. The maximum Gasteiger partial charge on any atom is 0.290 e. The van der Waals surface area contributed by atoms with E-state index in [2.05, 4.69) is 36.5 Å². The number of nitrogens with one attached hydrogen (secondary N) is 1. The van der Waals surface area contributed by atoms with Crippen LogP contribution < -0.4 is 9.88 Å². The van der Waals surface area contributed by atoms with E-state index in [1.807, 2.05) is 35.2 Å². The van der Waals surface area contributed by atoms with Crippen molar-refractivity contribution in [2.75, 3.05) is 5.32 Å². The van der Waals surface area contributed by atoms with Gasteiger partial charge in [-0.05, 0) is 36.6 Å². The summed E-state index contributed by atoms with van der Waals surface area (Å²) in [6, 6.07) is 14.4. The second kappa shape index (κ2) is 7.70. The van der Waals surface area contributed by atoms with E-state index in [1.54, 1.807) is 11.3 Å². The highest BCUT2D eigenvalue weighted by Gasteiger charge is 2.16. The van der Waals surface area contributed by atoms with Gasteiger partial charge in [0.15, 0.2) is 0 Å². The van der Waals surface area contributed by atoms with Gasteiger partial charge in [-0.1, -0.05) is 42.5 Å². The van der Waals surface area contributed by atoms with E-state index in [9.17, 15) is 4.79 Å². The van der Waals surface area contributed by atoms with Crippen LogP contribution in [0.25, 0.3) is 10.2 Å². The first-order valence-electron chi connectivity index (χ1n) is 7.42. The van der Waals surface area contributed by atoms with Crippen molar-refractivity contribution in [3.05, 3.63) is 59.1 Å². The van der Waals surface area contributed by atoms with Crippen molar-refractivity contribution in [3.63, 3.8) is 0 Å². The minimum absolute atomic E-state index is 0. The molecule has 0 atom stereocenters. The highest BCUT2D eigenvalue weighted by molar-refractivity contribution is 8.93. The van der Waals surface area contributed by atoms with Gasteiger partial charge in [-0.25, -0.2) is 0 Å². The van der Waals surface area contributed by atoms with Gasteiger partial charge in [0, 0.05) is 11.8 Å². The topological polar surface area (TPSA) is 33.0 Å². The Morgan fingerprint density at radius 2 is 2.00 bits per heavy atom. The molecule has 1 N–H and O–H groups in total. The number of thiazole rings is 1. The first-order valence-corrected chi connectivity index (χ1v) is 8.30. The van der Waals surface area contributed by atoms with Crippen LogP contribution in [-0.4, -0.2) is 5.91 Å². The van der Waals surface area contributed by atoms with Crippen molar-refractivity contribution in [3.8, 4) is 0 Å². The van der Waals surface area contributed by atoms with Crippen LogP contribution in [0.1, 0.15) is 18.1 Å². The Morgan fingerprint density at radius 1 is 1.22 bits per heavy atom. The summed E-state index contributed by atoms with van der Waals surface area (Å²) in [5.74, 6) is 0.00454. The molecule has 0 bridgehead atoms. The standard InChI is InChI=1S/C18H18N2OS.BrH/c1-3-14-9-8-13(2)15(10-14)19-18(21)11-20-12-22-17-7-5-4-6-16(17)20;/h4-10,12H,3,11H2,1-2H3;1H/p+1. The van der Waals surface area contributed by atoms with E-state index in [0.29, 0.717) is 6.54 Å². The lowest BCUT2D eigenvalue weighted by atomic mass is 10.1. The molecule has 0 saturated carbocycles. The number of aromatic nitrogens is 1. The van der Waals surface area contributed by atoms with E-state index in [-0.39, 0.29) is 22.9 Å². The average Bonchev–Trinajstić information content (AvgIpc) is 2.93. The lowest BCUT2D eigenvalue weighted by Gasteiger charge is -2.08. The molecule has 0 aliphatic heterocycles. The minimum atomic E-state index is 0. The number of anilines is 1. The molecule has 0 aliphatic carbocycles. The number of hydrogen-bond donors (Lipinski definition) is 1. The van der Waals surface area contributed by atoms with Crippen LogP contribution in [0.2, 0.25) is 0 Å². The van der Waals surface area contributed by atoms with Gasteiger partial charge >= 0.3 is 0 Å². The summed E-state index contributed by atoms with van der Waals surface area (Å²) in [6.07, 6.45) is 0.965. The predicted octanol–water partition coefficient (Wildman–Crippen LogP) is 4.28. The van der Waals surface area contributed by atoms with Crippen LogP contribution in [0.4, 0.5) is 5.69 Å². The number of halogens is 1. The molecule has 3 nitrogen and oxygen atoms in total. The average molecular weight is 392 g/mol. The fourth-order valence-corrected chi connectivity index (χ4v) is 3.35. The molecule has 0 fully saturated rings. The molecule has 5 heteroatoms. The highest BCUT2D eigenvalue weighted by Crippen LogP contribution is 2.18. The quantitative estimate of drug-likeness (QED) is 0.661. The van der Waals surface area contributed by atoms with Gasteiger partial charge < -0.3 is 5.32 Å². The first kappa shape index (κ1) is 17.6. The maximum atomic E-state index is 12.3. The largest absolute Gasteiger partial charge is 0.320 e. The van der Waals surface area contributed by atoms with Gasteiger partial charge in [0.25, 0.3) is 5.91 Å². The molecule has 1 amide bonds. The Bertz CT molecular complexity index is 829. The van der Waals surface area contributed by atoms with Crippen LogP contribution in [0.15, 0.2) is 48.0 Å². The zero-order valence-electron chi connectivity index (χ0n) is 13.2. The summed E-state index contributed by atoms with van der Waals surface area (Å²) in [4.78, 5) is 12.3. The van der Waals surface area contributed by atoms with Crippen LogP contribution in [0, 0.1) is 6.92 Å². The molecule has 0 saturated heterocycles. The van der Waals surface area contributed by atoms with Crippen LogP contribution >= 0.6 is 28.3 Å². The highest BCUT2D eigenvalue weighted by atomic mass is 79.9. The summed E-state index contributed by atoms with van der Waals surface area (Å²) in [5.41, 5.74) is 6.32. The fourth-order valence-electron chi connectivity index (χ4n) is 2.46. The Hall–Kier alpha value is -1.72. The van der Waals surface area contributed by atoms with Crippen molar-refractivity contribution >= 4 is 50.1 Å². The molecule has 1 aromatic heterocycles. The van der Waals surface area contributed by atoms with E-state index in [0.717, 1.165) is 23.2 Å². The number of nitrogens with zero attached hydrogens (tertiary/aromatic N) is 1. The van der Waals surface area contributed by atoms with E-state index in [1.165, 1.54) is 10.3 Å². The molecule has 120 valence electrons. The maximum absolute atomic E-state index is 12.3. The van der Waals surface area contributed by atoms with Gasteiger partial charge in [0.2, 0.25) is 17.6 Å². The normalized spacial score (nSPS) is 10.3. The number of para-hydroxylation sites is 1. The number of carbonyl (C=O) groups excluding carboxylic acids is 1. The molecule has 23 heavy (non-hydrogen) atoms. The van der Waals surface area contributed by atoms with Crippen LogP contribution in [0.3, 0.4) is 0 Å². The summed E-state index contributed by atoms with van der Waals surface area (Å²) >= 11 is 1.65. The summed E-state index contributed by atoms with van der Waals surface area (Å²) < 4.78 is 3.19. The van der Waals surface area contributed by atoms with Crippen molar-refractivity contribution in [1.82, 2.24) is 0 Å². The minimum Gasteiger partial charge on any atom is -0.320 e. The second-order valence-corrected chi connectivity index (χ2v) is 6.26. The molecular weight excluding hydrogens is 372 g/mol. The zero-order chi connectivity index (χ0) is 15.5. The smallest absolute Gasteiger partial charge is 0.290 e. The number of aryl methyl sites for hydroxylation is 2. The molecule has 0 aliphatic rings. The molecule has 0 unspecified atom stereocenters. The zero-order valence-corrected chi connectivity index (χ0v) is 15.7. The Kier molecular flexibility index (Phi) is 5.91. The van der Waals surface area contributed by atoms with Gasteiger partial charge in [-0.2, -0.15) is 4.57 Å². The number of benzene rings is 2. The number of amides is 1. The number of fused-ring (bicyclic) bond motifs is 1. The Morgan fingerprint density at radius 3 is 2.78 bits per heavy atom. The third kappa shape index (κ3) is 3.98. The lowest BCUT2D eigenvalue weighted by molar-refractivity contribution is -0.653. The molecule has 0 radical (unpaired) electrons. The summed E-state index contributed by atoms with van der Waals surface area (Å²) in [5, 5.41) is 3.03. The lowest BCUT2D eigenvalue weighted by Crippen LogP contribution is -2.38. The second-order valence-electron chi connectivity index (χ2n) is 5.37. The molecule has 0 spiro atoms. The van der Waals surface area contributed by atoms with E-state index >= 15 is 0 Å². The third-order valence-corrected chi connectivity index (χ3v) is 4.74. The van der Waals surface area contributed by atoms with Crippen molar-refractivity contribution in [2.24, 2.45) is 0 Å². The van der Waals surface area contributed by atoms with E-state index < -0.39 is 0 Å². The van der Waals surface area contributed by atoms with Crippen molar-refractivity contribution in [1.29, 1.82) is 0 Å². The molecule has 2 aromatic carbocycles. The number of rotatable bonds is 4. The van der Waals surface area contributed by atoms with Gasteiger partial charge in [-0.3, -0.25) is 4.79 Å². The predicted molar refractivity (Wildman–Crippen MR) is 102 cm³/mol. The number of carbonyl (C=O) groups is 1. The summed E-state index contributed by atoms with van der Waals surface area (Å²) in [6.45, 7) is 4.46. The fraction of sp³-hybridized carbons (Fsp3) is 0.222. The van der Waals surface area contributed by atoms with Crippen molar-refractivity contribution in [2.45, 2.75) is 26.8 Å². The molecule has 3 rings (SSSR count). The van der Waals surface area contributed by atoms with Crippen LogP contribution in [0.5, 0.6) is 0 Å². The Balaban J connectivity index is 0.00000192. The molecular formula is C18H20BrN2OS+. The first-order chi connectivity index (χ1) is 10.7. The van der Waals surface area contributed by atoms with Gasteiger partial charge in [0.1, 0.15) is 4.70 Å². The third-order valence-electron chi connectivity index (χ3n) is 3.78.